The number of aromatic nitrogens is 3. The molecule has 1 N–H and O–H groups in total. The summed E-state index contributed by atoms with van der Waals surface area (Å²) in [7, 11) is 0. The van der Waals surface area contributed by atoms with E-state index < -0.39 is 0 Å². The number of pyridine rings is 1. The van der Waals surface area contributed by atoms with Gasteiger partial charge in [0.15, 0.2) is 5.69 Å². The zero-order chi connectivity index (χ0) is 12.4. The van der Waals surface area contributed by atoms with Gasteiger partial charge >= 0.3 is 0 Å². The predicted molar refractivity (Wildman–Crippen MR) is 64.9 cm³/mol. The molecule has 1 aliphatic carbocycles. The van der Waals surface area contributed by atoms with E-state index in [1.54, 1.807) is 24.5 Å². The topological polar surface area (TPSA) is 67.8 Å². The van der Waals surface area contributed by atoms with Gasteiger partial charge in [0.25, 0.3) is 5.91 Å². The van der Waals surface area contributed by atoms with Crippen molar-refractivity contribution in [3.8, 4) is 0 Å². The molecule has 0 aromatic carbocycles. The van der Waals surface area contributed by atoms with E-state index in [0.29, 0.717) is 11.6 Å². The van der Waals surface area contributed by atoms with Crippen molar-refractivity contribution >= 4 is 5.91 Å². The van der Waals surface area contributed by atoms with Crippen molar-refractivity contribution in [2.45, 2.75) is 18.4 Å². The molecule has 2 heterocycles. The second-order valence-electron chi connectivity index (χ2n) is 4.32. The van der Waals surface area contributed by atoms with E-state index in [0.717, 1.165) is 6.42 Å². The zero-order valence-corrected chi connectivity index (χ0v) is 9.65. The third kappa shape index (κ3) is 2.20. The van der Waals surface area contributed by atoms with Crippen molar-refractivity contribution in [3.05, 3.63) is 54.1 Å². The normalized spacial score (nSPS) is 21.3. The van der Waals surface area contributed by atoms with Crippen molar-refractivity contribution in [2.75, 3.05) is 0 Å². The van der Waals surface area contributed by atoms with E-state index in [2.05, 4.69) is 20.5 Å². The standard InChI is InChI=1S/C13H12N4O/c18-13(11-4-2-6-15-17-11)16-12-7-10(12)9-3-1-5-14-8-9/h1-6,8,10,12H,7H2,(H,16,18). The van der Waals surface area contributed by atoms with Crippen molar-refractivity contribution in [3.63, 3.8) is 0 Å². The van der Waals surface area contributed by atoms with Crippen LogP contribution in [0.25, 0.3) is 0 Å². The average Bonchev–Trinajstić information content (AvgIpc) is 3.20. The van der Waals surface area contributed by atoms with Gasteiger partial charge in [-0.15, -0.1) is 5.10 Å². The SMILES string of the molecule is O=C(NC1CC1c1cccnc1)c1cccnn1. The number of hydrogen-bond donors (Lipinski definition) is 1. The summed E-state index contributed by atoms with van der Waals surface area (Å²) in [4.78, 5) is 15.9. The smallest absolute Gasteiger partial charge is 0.272 e. The van der Waals surface area contributed by atoms with Crippen LogP contribution in [0.3, 0.4) is 0 Å². The van der Waals surface area contributed by atoms with Gasteiger partial charge in [0.05, 0.1) is 0 Å². The summed E-state index contributed by atoms with van der Waals surface area (Å²) in [5.41, 5.74) is 1.52. The third-order valence-corrected chi connectivity index (χ3v) is 3.02. The Hall–Kier alpha value is -2.30. The second kappa shape index (κ2) is 4.52. The lowest BCUT2D eigenvalue weighted by Gasteiger charge is -2.03. The molecule has 1 fully saturated rings. The minimum absolute atomic E-state index is 0.167. The van der Waals surface area contributed by atoms with Crippen LogP contribution >= 0.6 is 0 Å². The molecule has 0 radical (unpaired) electrons. The molecule has 5 heteroatoms. The molecule has 18 heavy (non-hydrogen) atoms. The Morgan fingerprint density at radius 2 is 2.17 bits per heavy atom. The molecule has 2 unspecified atom stereocenters. The number of nitrogens with one attached hydrogen (secondary N) is 1. The molecule has 1 amide bonds. The average molecular weight is 240 g/mol. The maximum atomic E-state index is 11.8. The van der Waals surface area contributed by atoms with Gasteiger partial charge in [0, 0.05) is 30.6 Å². The Morgan fingerprint density at radius 1 is 1.28 bits per heavy atom. The maximum absolute atomic E-state index is 11.8. The van der Waals surface area contributed by atoms with E-state index in [4.69, 9.17) is 0 Å². The molecule has 5 nitrogen and oxygen atoms in total. The lowest BCUT2D eigenvalue weighted by molar-refractivity contribution is 0.0944. The van der Waals surface area contributed by atoms with Gasteiger partial charge in [-0.2, -0.15) is 5.10 Å². The lowest BCUT2D eigenvalue weighted by Crippen LogP contribution is -2.27. The Bertz CT molecular complexity index is 543. The minimum Gasteiger partial charge on any atom is -0.347 e. The van der Waals surface area contributed by atoms with Gasteiger partial charge in [-0.3, -0.25) is 9.78 Å². The summed E-state index contributed by atoms with van der Waals surface area (Å²) in [5, 5.41) is 10.4. The Balaban J connectivity index is 1.62. The van der Waals surface area contributed by atoms with Crippen LogP contribution < -0.4 is 5.32 Å². The molecule has 0 spiro atoms. The van der Waals surface area contributed by atoms with E-state index in [-0.39, 0.29) is 11.9 Å². The summed E-state index contributed by atoms with van der Waals surface area (Å²) in [5.74, 6) is 0.207. The largest absolute Gasteiger partial charge is 0.347 e. The molecule has 3 rings (SSSR count). The number of rotatable bonds is 3. The molecule has 2 aromatic rings. The van der Waals surface area contributed by atoms with Crippen LogP contribution in [0.2, 0.25) is 0 Å². The Labute approximate surface area is 104 Å². The van der Waals surface area contributed by atoms with E-state index in [1.165, 1.54) is 5.56 Å². The molecule has 2 atom stereocenters. The first-order valence-corrected chi connectivity index (χ1v) is 5.83. The first kappa shape index (κ1) is 10.8. The molecule has 1 aliphatic rings. The van der Waals surface area contributed by atoms with E-state index in [9.17, 15) is 4.79 Å². The van der Waals surface area contributed by atoms with Crippen molar-refractivity contribution in [1.29, 1.82) is 0 Å². The molecular formula is C13H12N4O. The quantitative estimate of drug-likeness (QED) is 0.874. The first-order chi connectivity index (χ1) is 8.84. The summed E-state index contributed by atoms with van der Waals surface area (Å²) < 4.78 is 0. The van der Waals surface area contributed by atoms with Crippen molar-refractivity contribution < 1.29 is 4.79 Å². The van der Waals surface area contributed by atoms with Crippen molar-refractivity contribution in [2.24, 2.45) is 0 Å². The van der Waals surface area contributed by atoms with E-state index in [1.807, 2.05) is 18.3 Å². The Morgan fingerprint density at radius 3 is 2.89 bits per heavy atom. The highest BCUT2D eigenvalue weighted by Gasteiger charge is 2.39. The van der Waals surface area contributed by atoms with Crippen LogP contribution in [0.1, 0.15) is 28.4 Å². The fraction of sp³-hybridized carbons (Fsp3) is 0.231. The molecule has 0 saturated heterocycles. The highest BCUT2D eigenvalue weighted by atomic mass is 16.2. The van der Waals surface area contributed by atoms with Crippen LogP contribution in [0.15, 0.2) is 42.9 Å². The number of amides is 1. The molecule has 2 aromatic heterocycles. The summed E-state index contributed by atoms with van der Waals surface area (Å²) in [6.07, 6.45) is 6.10. The number of carbonyl (C=O) groups is 1. The van der Waals surface area contributed by atoms with Crippen LogP contribution in [-0.2, 0) is 0 Å². The highest BCUT2D eigenvalue weighted by Crippen LogP contribution is 2.40. The van der Waals surface area contributed by atoms with Gasteiger partial charge in [0.2, 0.25) is 0 Å². The second-order valence-corrected chi connectivity index (χ2v) is 4.32. The number of nitrogens with zero attached hydrogens (tertiary/aromatic N) is 3. The summed E-state index contributed by atoms with van der Waals surface area (Å²) >= 11 is 0. The fourth-order valence-corrected chi connectivity index (χ4v) is 1.98. The predicted octanol–water partition coefficient (Wildman–Crippen LogP) is 1.16. The van der Waals surface area contributed by atoms with Gasteiger partial charge in [-0.05, 0) is 30.2 Å². The molecular weight excluding hydrogens is 228 g/mol. The molecule has 90 valence electrons. The fourth-order valence-electron chi connectivity index (χ4n) is 1.98. The zero-order valence-electron chi connectivity index (χ0n) is 9.65. The van der Waals surface area contributed by atoms with E-state index >= 15 is 0 Å². The number of hydrogen-bond acceptors (Lipinski definition) is 4. The van der Waals surface area contributed by atoms with Crippen molar-refractivity contribution in [1.82, 2.24) is 20.5 Å². The van der Waals surface area contributed by atoms with Gasteiger partial charge in [-0.1, -0.05) is 6.07 Å². The maximum Gasteiger partial charge on any atom is 0.272 e. The summed E-state index contributed by atoms with van der Waals surface area (Å²) in [6.45, 7) is 0. The van der Waals surface area contributed by atoms with Crippen LogP contribution in [-0.4, -0.2) is 27.1 Å². The summed E-state index contributed by atoms with van der Waals surface area (Å²) in [6, 6.07) is 7.49. The molecule has 1 saturated carbocycles. The van der Waals surface area contributed by atoms with Crippen LogP contribution in [0.5, 0.6) is 0 Å². The highest BCUT2D eigenvalue weighted by molar-refractivity contribution is 5.92. The molecule has 0 bridgehead atoms. The Kier molecular flexibility index (Phi) is 2.72. The van der Waals surface area contributed by atoms with Crippen LogP contribution in [0.4, 0.5) is 0 Å². The molecule has 0 aliphatic heterocycles. The van der Waals surface area contributed by atoms with Crippen LogP contribution in [0, 0.1) is 0 Å². The van der Waals surface area contributed by atoms with Gasteiger partial charge < -0.3 is 5.32 Å². The minimum atomic E-state index is -0.167. The van der Waals surface area contributed by atoms with Gasteiger partial charge in [-0.25, -0.2) is 0 Å². The number of carbonyl (C=O) groups excluding carboxylic acids is 1. The third-order valence-electron chi connectivity index (χ3n) is 3.02. The van der Waals surface area contributed by atoms with Gasteiger partial charge in [0.1, 0.15) is 0 Å². The lowest BCUT2D eigenvalue weighted by atomic mass is 10.2. The monoisotopic (exact) mass is 240 g/mol. The first-order valence-electron chi connectivity index (χ1n) is 5.83.